The number of hydrogen-bond donors (Lipinski definition) is 2. The summed E-state index contributed by atoms with van der Waals surface area (Å²) in [6.07, 6.45) is 4.13. The topological polar surface area (TPSA) is 71.9 Å². The van der Waals surface area contributed by atoms with Crippen molar-refractivity contribution in [2.45, 2.75) is 13.0 Å². The van der Waals surface area contributed by atoms with Gasteiger partial charge in [-0.2, -0.15) is 0 Å². The zero-order valence-corrected chi connectivity index (χ0v) is 13.1. The summed E-state index contributed by atoms with van der Waals surface area (Å²) in [6.45, 7) is 1.77. The maximum Gasteiger partial charge on any atom is 0.267 e. The lowest BCUT2D eigenvalue weighted by atomic mass is 10.2. The Bertz CT molecular complexity index is 777. The maximum absolute atomic E-state index is 12.5. The minimum absolute atomic E-state index is 0.0724. The summed E-state index contributed by atoms with van der Waals surface area (Å²) in [5.74, 6) is -0.0724. The highest BCUT2D eigenvalue weighted by molar-refractivity contribution is 5.98. The number of aromatic nitrogens is 3. The Hall–Kier alpha value is -2.60. The molecular formula is C17H20N4O2. The molecule has 0 aliphatic heterocycles. The number of ether oxygens (including phenoxy) is 1. The van der Waals surface area contributed by atoms with Crippen LogP contribution in [-0.4, -0.2) is 40.7 Å². The van der Waals surface area contributed by atoms with Crippen molar-refractivity contribution in [3.8, 4) is 0 Å². The molecule has 2 heterocycles. The first-order valence-electron chi connectivity index (χ1n) is 7.62. The van der Waals surface area contributed by atoms with E-state index in [4.69, 9.17) is 4.74 Å². The molecule has 0 fully saturated rings. The van der Waals surface area contributed by atoms with Crippen molar-refractivity contribution in [2.75, 3.05) is 20.3 Å². The van der Waals surface area contributed by atoms with Crippen LogP contribution in [-0.2, 0) is 17.7 Å². The van der Waals surface area contributed by atoms with Gasteiger partial charge in [0.1, 0.15) is 5.69 Å². The van der Waals surface area contributed by atoms with Gasteiger partial charge in [0.15, 0.2) is 0 Å². The van der Waals surface area contributed by atoms with Crippen molar-refractivity contribution in [1.29, 1.82) is 0 Å². The number of fused-ring (bicyclic) bond motifs is 1. The van der Waals surface area contributed by atoms with Crippen molar-refractivity contribution in [3.05, 3.63) is 54.2 Å². The molecule has 2 N–H and O–H groups in total. The average molecular weight is 312 g/mol. The van der Waals surface area contributed by atoms with Gasteiger partial charge in [-0.1, -0.05) is 18.2 Å². The van der Waals surface area contributed by atoms with Crippen molar-refractivity contribution in [3.63, 3.8) is 0 Å². The third-order valence-electron chi connectivity index (χ3n) is 3.80. The molecule has 0 radical (unpaired) electrons. The average Bonchev–Trinajstić information content (AvgIpc) is 3.20. The summed E-state index contributed by atoms with van der Waals surface area (Å²) in [5, 5.41) is 4.02. The Kier molecular flexibility index (Phi) is 4.73. The van der Waals surface area contributed by atoms with Crippen LogP contribution in [0.4, 0.5) is 0 Å². The number of aromatic amines is 1. The Morgan fingerprint density at radius 3 is 3.04 bits per heavy atom. The lowest BCUT2D eigenvalue weighted by Gasteiger charge is -2.10. The van der Waals surface area contributed by atoms with E-state index in [-0.39, 0.29) is 5.91 Å². The Morgan fingerprint density at radius 2 is 2.26 bits per heavy atom. The van der Waals surface area contributed by atoms with Gasteiger partial charge in [-0.25, -0.2) is 4.98 Å². The molecule has 3 rings (SSSR count). The van der Waals surface area contributed by atoms with E-state index >= 15 is 0 Å². The SMILES string of the molecule is COCCn1c(C(=O)NCCc2cnc[nH]2)cc2ccccc21. The Balaban J connectivity index is 1.75. The Morgan fingerprint density at radius 1 is 1.39 bits per heavy atom. The second-order valence-electron chi connectivity index (χ2n) is 5.32. The van der Waals surface area contributed by atoms with E-state index in [0.29, 0.717) is 25.4 Å². The van der Waals surface area contributed by atoms with E-state index in [1.165, 1.54) is 0 Å². The molecule has 0 aliphatic rings. The molecule has 0 saturated heterocycles. The lowest BCUT2D eigenvalue weighted by molar-refractivity contribution is 0.0942. The number of rotatable bonds is 7. The molecule has 0 aliphatic carbocycles. The molecular weight excluding hydrogens is 292 g/mol. The van der Waals surface area contributed by atoms with Gasteiger partial charge in [0.05, 0.1) is 12.9 Å². The number of benzene rings is 1. The minimum Gasteiger partial charge on any atom is -0.383 e. The predicted molar refractivity (Wildman–Crippen MR) is 88.4 cm³/mol. The molecule has 0 bridgehead atoms. The molecule has 2 aromatic heterocycles. The van der Waals surface area contributed by atoms with E-state index in [1.54, 1.807) is 19.6 Å². The number of H-pyrrole nitrogens is 1. The molecule has 3 aromatic rings. The fraction of sp³-hybridized carbons (Fsp3) is 0.294. The van der Waals surface area contributed by atoms with Crippen LogP contribution in [0.15, 0.2) is 42.9 Å². The number of methoxy groups -OCH3 is 1. The summed E-state index contributed by atoms with van der Waals surface area (Å²) in [4.78, 5) is 19.5. The zero-order valence-electron chi connectivity index (χ0n) is 13.1. The van der Waals surface area contributed by atoms with Gasteiger partial charge >= 0.3 is 0 Å². The van der Waals surface area contributed by atoms with E-state index < -0.39 is 0 Å². The van der Waals surface area contributed by atoms with Gasteiger partial charge in [-0.15, -0.1) is 0 Å². The van der Waals surface area contributed by atoms with Crippen molar-refractivity contribution in [2.24, 2.45) is 0 Å². The van der Waals surface area contributed by atoms with Gasteiger partial charge in [-0.3, -0.25) is 4.79 Å². The molecule has 6 heteroatoms. The molecule has 1 amide bonds. The van der Waals surface area contributed by atoms with Gasteiger partial charge in [0.2, 0.25) is 0 Å². The van der Waals surface area contributed by atoms with Crippen molar-refractivity contribution in [1.82, 2.24) is 19.9 Å². The molecule has 0 atom stereocenters. The second-order valence-corrected chi connectivity index (χ2v) is 5.32. The predicted octanol–water partition coefficient (Wildman–Crippen LogP) is 1.98. The van der Waals surface area contributed by atoms with Gasteiger partial charge in [0.25, 0.3) is 5.91 Å². The van der Waals surface area contributed by atoms with E-state index in [1.807, 2.05) is 34.9 Å². The number of nitrogens with one attached hydrogen (secondary N) is 2. The van der Waals surface area contributed by atoms with Crippen LogP contribution in [0.5, 0.6) is 0 Å². The Labute approximate surface area is 134 Å². The van der Waals surface area contributed by atoms with Crippen LogP contribution in [0, 0.1) is 0 Å². The number of para-hydroxylation sites is 1. The number of nitrogens with zero attached hydrogens (tertiary/aromatic N) is 2. The number of carbonyl (C=O) groups is 1. The van der Waals surface area contributed by atoms with Gasteiger partial charge < -0.3 is 19.6 Å². The molecule has 0 saturated carbocycles. The third kappa shape index (κ3) is 3.43. The quantitative estimate of drug-likeness (QED) is 0.701. The van der Waals surface area contributed by atoms with Crippen LogP contribution < -0.4 is 5.32 Å². The zero-order chi connectivity index (χ0) is 16.1. The summed E-state index contributed by atoms with van der Waals surface area (Å²) in [6, 6.07) is 9.91. The first-order valence-corrected chi connectivity index (χ1v) is 7.62. The molecule has 0 spiro atoms. The van der Waals surface area contributed by atoms with Crippen molar-refractivity contribution >= 4 is 16.8 Å². The van der Waals surface area contributed by atoms with Crippen LogP contribution in [0.2, 0.25) is 0 Å². The second kappa shape index (κ2) is 7.11. The van der Waals surface area contributed by atoms with E-state index in [2.05, 4.69) is 15.3 Å². The van der Waals surface area contributed by atoms with Crippen LogP contribution in [0.1, 0.15) is 16.2 Å². The van der Waals surface area contributed by atoms with Crippen LogP contribution in [0.3, 0.4) is 0 Å². The fourth-order valence-corrected chi connectivity index (χ4v) is 2.64. The normalized spacial score (nSPS) is 11.0. The molecule has 23 heavy (non-hydrogen) atoms. The monoisotopic (exact) mass is 312 g/mol. The molecule has 1 aromatic carbocycles. The maximum atomic E-state index is 12.5. The van der Waals surface area contributed by atoms with Crippen LogP contribution in [0.25, 0.3) is 10.9 Å². The van der Waals surface area contributed by atoms with E-state index in [0.717, 1.165) is 23.0 Å². The largest absolute Gasteiger partial charge is 0.383 e. The fourth-order valence-electron chi connectivity index (χ4n) is 2.64. The van der Waals surface area contributed by atoms with E-state index in [9.17, 15) is 4.79 Å². The summed E-state index contributed by atoms with van der Waals surface area (Å²) < 4.78 is 7.17. The number of imidazole rings is 1. The summed E-state index contributed by atoms with van der Waals surface area (Å²) in [5.41, 5.74) is 2.71. The highest BCUT2D eigenvalue weighted by Gasteiger charge is 2.14. The highest BCUT2D eigenvalue weighted by atomic mass is 16.5. The van der Waals surface area contributed by atoms with Gasteiger partial charge in [-0.05, 0) is 12.1 Å². The lowest BCUT2D eigenvalue weighted by Crippen LogP contribution is -2.28. The smallest absolute Gasteiger partial charge is 0.267 e. The molecule has 6 nitrogen and oxygen atoms in total. The van der Waals surface area contributed by atoms with Gasteiger partial charge in [0, 0.05) is 49.4 Å². The number of amides is 1. The van der Waals surface area contributed by atoms with Crippen LogP contribution >= 0.6 is 0 Å². The first kappa shape index (κ1) is 15.3. The third-order valence-corrected chi connectivity index (χ3v) is 3.80. The number of hydrogen-bond acceptors (Lipinski definition) is 3. The molecule has 0 unspecified atom stereocenters. The first-order chi connectivity index (χ1) is 11.3. The minimum atomic E-state index is -0.0724. The summed E-state index contributed by atoms with van der Waals surface area (Å²) >= 11 is 0. The number of carbonyl (C=O) groups excluding carboxylic acids is 1. The highest BCUT2D eigenvalue weighted by Crippen LogP contribution is 2.19. The standard InChI is InChI=1S/C17H20N4O2/c1-23-9-8-21-15-5-3-2-4-13(15)10-16(21)17(22)19-7-6-14-11-18-12-20-14/h2-5,10-12H,6-9H2,1H3,(H,18,20)(H,19,22). The molecule has 120 valence electrons. The summed E-state index contributed by atoms with van der Waals surface area (Å²) in [7, 11) is 1.66. The van der Waals surface area contributed by atoms with Crippen molar-refractivity contribution < 1.29 is 9.53 Å².